The number of nitrogens with one attached hydrogen (secondary N) is 1. The van der Waals surface area contributed by atoms with Crippen LogP contribution in [0.5, 0.6) is 5.75 Å². The Morgan fingerprint density at radius 1 is 1.04 bits per heavy atom. The Bertz CT molecular complexity index is 885. The number of carbonyl (C=O) groups excluding carboxylic acids is 1. The van der Waals surface area contributed by atoms with Gasteiger partial charge < -0.3 is 10.1 Å². The summed E-state index contributed by atoms with van der Waals surface area (Å²) in [6.07, 6.45) is 0. The zero-order valence-electron chi connectivity index (χ0n) is 15.4. The minimum absolute atomic E-state index is 0.0163. The number of ether oxygens (including phenoxy) is 1. The second kappa shape index (κ2) is 8.02. The lowest BCUT2D eigenvalue weighted by atomic mass is 10.1. The van der Waals surface area contributed by atoms with Crippen molar-refractivity contribution >= 4 is 22.4 Å². The van der Waals surface area contributed by atoms with Crippen LogP contribution in [0.25, 0.3) is 10.8 Å². The van der Waals surface area contributed by atoms with Crippen LogP contribution in [-0.2, 0) is 11.3 Å². The fourth-order valence-electron chi connectivity index (χ4n) is 2.93. The van der Waals surface area contributed by atoms with Crippen molar-refractivity contribution in [2.45, 2.75) is 19.5 Å². The lowest BCUT2D eigenvalue weighted by molar-refractivity contribution is -0.120. The van der Waals surface area contributed by atoms with Crippen molar-refractivity contribution in [1.82, 2.24) is 4.90 Å². The van der Waals surface area contributed by atoms with Crippen LogP contribution in [-0.4, -0.2) is 31.0 Å². The normalized spacial score (nSPS) is 12.2. The van der Waals surface area contributed by atoms with Crippen LogP contribution in [0.4, 0.5) is 5.69 Å². The third kappa shape index (κ3) is 4.03. The zero-order chi connectivity index (χ0) is 18.5. The fourth-order valence-corrected chi connectivity index (χ4v) is 2.93. The van der Waals surface area contributed by atoms with Crippen molar-refractivity contribution in [3.05, 3.63) is 72.3 Å². The molecule has 4 nitrogen and oxygen atoms in total. The number of hydrogen-bond acceptors (Lipinski definition) is 3. The van der Waals surface area contributed by atoms with Crippen LogP contribution in [0.15, 0.2) is 66.7 Å². The molecule has 0 heterocycles. The molecule has 26 heavy (non-hydrogen) atoms. The number of rotatable bonds is 6. The van der Waals surface area contributed by atoms with Gasteiger partial charge in [-0.2, -0.15) is 0 Å². The molecule has 0 fully saturated rings. The molecule has 1 atom stereocenters. The molecule has 0 spiro atoms. The van der Waals surface area contributed by atoms with E-state index in [4.69, 9.17) is 4.74 Å². The van der Waals surface area contributed by atoms with Gasteiger partial charge in [0.15, 0.2) is 0 Å². The molecular formula is C22H24N2O2. The first-order chi connectivity index (χ1) is 12.6. The summed E-state index contributed by atoms with van der Waals surface area (Å²) in [5, 5.41) is 5.23. The minimum Gasteiger partial charge on any atom is -0.497 e. The van der Waals surface area contributed by atoms with Gasteiger partial charge in [0.2, 0.25) is 5.91 Å². The molecule has 0 saturated carbocycles. The Balaban J connectivity index is 1.68. The molecule has 3 aromatic carbocycles. The lowest BCUT2D eigenvalue weighted by Crippen LogP contribution is -2.39. The number of nitrogens with zero attached hydrogens (tertiary/aromatic N) is 1. The Hall–Kier alpha value is -2.85. The summed E-state index contributed by atoms with van der Waals surface area (Å²) in [4.78, 5) is 14.7. The molecule has 0 bridgehead atoms. The van der Waals surface area contributed by atoms with Crippen molar-refractivity contribution in [1.29, 1.82) is 0 Å². The van der Waals surface area contributed by atoms with Gasteiger partial charge in [0.25, 0.3) is 0 Å². The number of carbonyl (C=O) groups is 1. The highest BCUT2D eigenvalue weighted by Crippen LogP contribution is 2.23. The Morgan fingerprint density at radius 3 is 2.46 bits per heavy atom. The van der Waals surface area contributed by atoms with Crippen molar-refractivity contribution in [2.75, 3.05) is 19.5 Å². The van der Waals surface area contributed by atoms with E-state index in [9.17, 15) is 4.79 Å². The van der Waals surface area contributed by atoms with Gasteiger partial charge in [-0.1, -0.05) is 48.5 Å². The summed E-state index contributed by atoms with van der Waals surface area (Å²) in [5.74, 6) is 0.815. The van der Waals surface area contributed by atoms with E-state index in [0.717, 1.165) is 27.8 Å². The van der Waals surface area contributed by atoms with E-state index in [1.165, 1.54) is 0 Å². The van der Waals surface area contributed by atoms with Crippen LogP contribution >= 0.6 is 0 Å². The largest absolute Gasteiger partial charge is 0.497 e. The Labute approximate surface area is 154 Å². The molecule has 134 valence electrons. The second-order valence-corrected chi connectivity index (χ2v) is 6.46. The molecule has 1 N–H and O–H groups in total. The number of likely N-dealkylation sites (N-methyl/N-ethyl adjacent to an activating group) is 1. The van der Waals surface area contributed by atoms with Crippen LogP contribution in [0.1, 0.15) is 12.5 Å². The first kappa shape index (κ1) is 18.0. The highest BCUT2D eigenvalue weighted by atomic mass is 16.5. The number of benzene rings is 3. The summed E-state index contributed by atoms with van der Waals surface area (Å²) in [5.41, 5.74) is 1.98. The Morgan fingerprint density at radius 2 is 1.73 bits per heavy atom. The number of fused-ring (bicyclic) bond motifs is 1. The molecular weight excluding hydrogens is 324 g/mol. The highest BCUT2D eigenvalue weighted by Gasteiger charge is 2.19. The average molecular weight is 348 g/mol. The van der Waals surface area contributed by atoms with E-state index in [1.54, 1.807) is 7.11 Å². The number of anilines is 1. The second-order valence-electron chi connectivity index (χ2n) is 6.46. The van der Waals surface area contributed by atoms with Gasteiger partial charge in [0.05, 0.1) is 13.2 Å². The van der Waals surface area contributed by atoms with Gasteiger partial charge in [-0.25, -0.2) is 0 Å². The molecule has 0 unspecified atom stereocenters. The molecule has 0 aliphatic heterocycles. The summed E-state index contributed by atoms with van der Waals surface area (Å²) < 4.78 is 5.18. The summed E-state index contributed by atoms with van der Waals surface area (Å²) >= 11 is 0. The van der Waals surface area contributed by atoms with Gasteiger partial charge in [-0.3, -0.25) is 9.69 Å². The maximum atomic E-state index is 12.7. The van der Waals surface area contributed by atoms with E-state index in [2.05, 4.69) is 5.32 Å². The smallest absolute Gasteiger partial charge is 0.241 e. The van der Waals surface area contributed by atoms with E-state index >= 15 is 0 Å². The van der Waals surface area contributed by atoms with Crippen molar-refractivity contribution in [3.8, 4) is 5.75 Å². The molecule has 0 saturated heterocycles. The predicted octanol–water partition coefficient (Wildman–Crippen LogP) is 4.31. The molecule has 4 heteroatoms. The zero-order valence-corrected chi connectivity index (χ0v) is 15.4. The summed E-state index contributed by atoms with van der Waals surface area (Å²) in [7, 11) is 3.61. The monoisotopic (exact) mass is 348 g/mol. The predicted molar refractivity (Wildman–Crippen MR) is 107 cm³/mol. The van der Waals surface area contributed by atoms with Gasteiger partial charge in [-0.15, -0.1) is 0 Å². The fraction of sp³-hybridized carbons (Fsp3) is 0.227. The molecule has 0 aliphatic rings. The first-order valence-electron chi connectivity index (χ1n) is 8.70. The lowest BCUT2D eigenvalue weighted by Gasteiger charge is -2.24. The van der Waals surface area contributed by atoms with E-state index in [-0.39, 0.29) is 11.9 Å². The van der Waals surface area contributed by atoms with Gasteiger partial charge in [0, 0.05) is 17.6 Å². The van der Waals surface area contributed by atoms with Crippen LogP contribution in [0.3, 0.4) is 0 Å². The first-order valence-corrected chi connectivity index (χ1v) is 8.70. The van der Waals surface area contributed by atoms with Gasteiger partial charge in [0.1, 0.15) is 5.75 Å². The molecule has 3 aromatic rings. The third-order valence-electron chi connectivity index (χ3n) is 4.68. The number of methoxy groups -OCH3 is 1. The summed E-state index contributed by atoms with van der Waals surface area (Å²) in [6, 6.07) is 21.7. The van der Waals surface area contributed by atoms with Crippen molar-refractivity contribution in [3.63, 3.8) is 0 Å². The van der Waals surface area contributed by atoms with Crippen molar-refractivity contribution < 1.29 is 9.53 Å². The highest BCUT2D eigenvalue weighted by molar-refractivity contribution is 6.03. The standard InChI is InChI=1S/C22H24N2O2/c1-16(24(2)15-17-11-13-19(26-3)14-12-17)22(25)23-21-10-6-8-18-7-4-5-9-20(18)21/h4-14,16H,15H2,1-3H3,(H,23,25)/t16-/m1/s1. The minimum atomic E-state index is -0.254. The maximum absolute atomic E-state index is 12.7. The molecule has 0 aromatic heterocycles. The molecule has 0 aliphatic carbocycles. The quantitative estimate of drug-likeness (QED) is 0.722. The van der Waals surface area contributed by atoms with E-state index < -0.39 is 0 Å². The van der Waals surface area contributed by atoms with Crippen molar-refractivity contribution in [2.24, 2.45) is 0 Å². The molecule has 3 rings (SSSR count). The van der Waals surface area contributed by atoms with E-state index in [1.807, 2.05) is 85.6 Å². The van der Waals surface area contributed by atoms with Crippen LogP contribution in [0, 0.1) is 0 Å². The number of amides is 1. The van der Waals surface area contributed by atoms with Gasteiger partial charge >= 0.3 is 0 Å². The van der Waals surface area contributed by atoms with Crippen LogP contribution in [0.2, 0.25) is 0 Å². The Kier molecular flexibility index (Phi) is 5.54. The average Bonchev–Trinajstić information content (AvgIpc) is 2.68. The maximum Gasteiger partial charge on any atom is 0.241 e. The SMILES string of the molecule is COc1ccc(CN(C)[C@H](C)C(=O)Nc2cccc3ccccc23)cc1. The van der Waals surface area contributed by atoms with Gasteiger partial charge in [-0.05, 0) is 43.1 Å². The topological polar surface area (TPSA) is 41.6 Å². The molecule has 0 radical (unpaired) electrons. The van der Waals surface area contributed by atoms with Crippen LogP contribution < -0.4 is 10.1 Å². The number of hydrogen-bond donors (Lipinski definition) is 1. The van der Waals surface area contributed by atoms with E-state index in [0.29, 0.717) is 6.54 Å². The summed E-state index contributed by atoms with van der Waals surface area (Å²) in [6.45, 7) is 2.61. The molecule has 1 amide bonds. The third-order valence-corrected chi connectivity index (χ3v) is 4.68.